The van der Waals surface area contributed by atoms with Gasteiger partial charge in [-0.1, -0.05) is 37.3 Å². The molecule has 0 radical (unpaired) electrons. The maximum atomic E-state index is 13.1. The molecule has 0 atom stereocenters. The second-order valence-electron chi connectivity index (χ2n) is 7.18. The predicted molar refractivity (Wildman–Crippen MR) is 134 cm³/mol. The molecule has 190 valence electrons. The normalized spacial score (nSPS) is 11.1. The van der Waals surface area contributed by atoms with Crippen molar-refractivity contribution in [3.8, 4) is 22.8 Å². The van der Waals surface area contributed by atoms with Crippen LogP contribution < -0.4 is 14.2 Å². The second kappa shape index (κ2) is 11.9. The van der Waals surface area contributed by atoms with Crippen molar-refractivity contribution in [3.05, 3.63) is 57.5 Å². The van der Waals surface area contributed by atoms with Crippen molar-refractivity contribution in [3.63, 3.8) is 0 Å². The van der Waals surface area contributed by atoms with Crippen LogP contribution in [-0.2, 0) is 16.6 Å². The number of rotatable bonds is 11. The average Bonchev–Trinajstić information content (AvgIpc) is 3.23. The van der Waals surface area contributed by atoms with E-state index in [1.54, 1.807) is 12.1 Å². The van der Waals surface area contributed by atoms with Crippen LogP contribution in [0.4, 0.5) is 15.5 Å². The van der Waals surface area contributed by atoms with Crippen molar-refractivity contribution in [2.75, 3.05) is 32.0 Å². The molecule has 3 rings (SSSR count). The molecular weight excluding hydrogens is 499 g/mol. The molecule has 1 N–H and O–H groups in total. The van der Waals surface area contributed by atoms with Gasteiger partial charge in [-0.2, -0.15) is 0 Å². The summed E-state index contributed by atoms with van der Waals surface area (Å²) < 4.78 is 39.0. The van der Waals surface area contributed by atoms with Gasteiger partial charge in [0.15, 0.2) is 16.6 Å². The summed E-state index contributed by atoms with van der Waals surface area (Å²) in [5.74, 6) is 0.689. The van der Waals surface area contributed by atoms with Crippen molar-refractivity contribution in [2.45, 2.75) is 25.3 Å². The molecule has 13 heteroatoms. The zero-order chi connectivity index (χ0) is 24.9. The Morgan fingerprint density at radius 2 is 1.77 bits per heavy atom. The Morgan fingerprint density at radius 1 is 1.09 bits per heavy atom. The third kappa shape index (κ3) is 6.44. The number of methoxy groups -OCH3 is 2. The van der Waals surface area contributed by atoms with Crippen LogP contribution in [-0.4, -0.2) is 50.5 Å². The van der Waals surface area contributed by atoms with E-state index in [-0.39, 0.29) is 26.2 Å². The van der Waals surface area contributed by atoms with Gasteiger partial charge in [-0.3, -0.25) is 24.4 Å². The highest BCUT2D eigenvalue weighted by atomic mass is 32.2. The number of hydrogen-bond donors (Lipinski definition) is 1. The van der Waals surface area contributed by atoms with E-state index < -0.39 is 14.9 Å². The maximum absolute atomic E-state index is 13.1. The highest BCUT2D eigenvalue weighted by Crippen LogP contribution is 2.35. The van der Waals surface area contributed by atoms with Crippen molar-refractivity contribution in [1.82, 2.24) is 9.88 Å². The molecule has 0 saturated heterocycles. The summed E-state index contributed by atoms with van der Waals surface area (Å²) in [5.41, 5.74) is 0.988. The summed E-state index contributed by atoms with van der Waals surface area (Å²) in [4.78, 5) is 18.2. The molecule has 1 heterocycles. The topological polar surface area (TPSA) is 124 Å². The van der Waals surface area contributed by atoms with Gasteiger partial charge in [-0.05, 0) is 25.2 Å². The average molecular weight is 527 g/mol. The van der Waals surface area contributed by atoms with Crippen molar-refractivity contribution in [1.29, 1.82) is 0 Å². The number of nitrogens with zero attached hydrogens (tertiary/aromatic N) is 3. The number of thiazole rings is 1. The second-order valence-corrected chi connectivity index (χ2v) is 9.95. The van der Waals surface area contributed by atoms with Crippen LogP contribution >= 0.6 is 11.3 Å². The molecule has 0 amide bonds. The Kier molecular flexibility index (Phi) is 9.51. The van der Waals surface area contributed by atoms with Crippen LogP contribution in [0.3, 0.4) is 0 Å². The molecule has 3 aromatic rings. The third-order valence-corrected chi connectivity index (χ3v) is 7.60. The Bertz CT molecular complexity index is 1280. The zero-order valence-electron chi connectivity index (χ0n) is 19.7. The Balaban J connectivity index is 0.00000432. The van der Waals surface area contributed by atoms with E-state index in [1.807, 2.05) is 13.8 Å². The van der Waals surface area contributed by atoms with Crippen LogP contribution in [0, 0.1) is 10.1 Å². The van der Waals surface area contributed by atoms with E-state index in [2.05, 4.69) is 14.6 Å². The van der Waals surface area contributed by atoms with Crippen LogP contribution in [0.25, 0.3) is 11.3 Å². The molecule has 0 bridgehead atoms. The number of aromatic nitrogens is 1. The zero-order valence-corrected chi connectivity index (χ0v) is 21.3. The highest BCUT2D eigenvalue weighted by molar-refractivity contribution is 7.93. The van der Waals surface area contributed by atoms with Gasteiger partial charge in [0.2, 0.25) is 0 Å². The van der Waals surface area contributed by atoms with E-state index in [9.17, 15) is 18.5 Å². The summed E-state index contributed by atoms with van der Waals surface area (Å²) in [6.07, 6.45) is 0. The minimum atomic E-state index is -3.98. The lowest BCUT2D eigenvalue weighted by Gasteiger charge is -2.17. The number of non-ortho nitro benzene ring substituents is 1. The first-order chi connectivity index (χ1) is 16.2. The number of halogens is 1. The highest BCUT2D eigenvalue weighted by Gasteiger charge is 2.22. The fourth-order valence-electron chi connectivity index (χ4n) is 3.30. The van der Waals surface area contributed by atoms with Crippen molar-refractivity contribution in [2.24, 2.45) is 0 Å². The predicted octanol–water partition coefficient (Wildman–Crippen LogP) is 4.53. The molecular formula is C22H27FN4O6S2. The molecule has 0 aliphatic rings. The van der Waals surface area contributed by atoms with Gasteiger partial charge < -0.3 is 9.47 Å². The number of nitrogens with one attached hydrogen (secondary N) is 1. The third-order valence-electron chi connectivity index (χ3n) is 5.18. The number of benzene rings is 2. The summed E-state index contributed by atoms with van der Waals surface area (Å²) in [7, 11) is -1.09. The molecule has 0 aliphatic carbocycles. The standard InChI is InChI=1S/C22H26N4O6S2.FH/c1-5-25(6-2)14-20-21(15-8-7-9-16(12-15)26(27)28)23-22(33-20)24-34(29,30)17-10-11-18(31-3)19(13-17)32-4;/h7-13H,5-6,14H2,1-4H3,(H,23,24);1H. The van der Waals surface area contributed by atoms with E-state index in [1.165, 1.54) is 55.9 Å². The Morgan fingerprint density at radius 3 is 2.37 bits per heavy atom. The van der Waals surface area contributed by atoms with Crippen LogP contribution in [0.2, 0.25) is 0 Å². The molecule has 1 aromatic heterocycles. The molecule has 0 saturated carbocycles. The number of anilines is 1. The number of hydrogen-bond acceptors (Lipinski definition) is 9. The van der Waals surface area contributed by atoms with E-state index >= 15 is 0 Å². The van der Waals surface area contributed by atoms with Crippen molar-refractivity contribution >= 4 is 32.2 Å². The fourth-order valence-corrected chi connectivity index (χ4v) is 5.58. The minimum absolute atomic E-state index is 0. The van der Waals surface area contributed by atoms with Crippen LogP contribution in [0.1, 0.15) is 18.7 Å². The summed E-state index contributed by atoms with van der Waals surface area (Å²) in [6.45, 7) is 6.16. The lowest BCUT2D eigenvalue weighted by Crippen LogP contribution is -2.21. The van der Waals surface area contributed by atoms with Gasteiger partial charge in [-0.25, -0.2) is 13.4 Å². The lowest BCUT2D eigenvalue weighted by molar-refractivity contribution is -0.384. The maximum Gasteiger partial charge on any atom is 0.270 e. The van der Waals surface area contributed by atoms with Gasteiger partial charge >= 0.3 is 0 Å². The van der Waals surface area contributed by atoms with Crippen molar-refractivity contribution < 1.29 is 27.5 Å². The largest absolute Gasteiger partial charge is 0.493 e. The smallest absolute Gasteiger partial charge is 0.270 e. The molecule has 2 aromatic carbocycles. The first-order valence-electron chi connectivity index (χ1n) is 10.4. The molecule has 0 fully saturated rings. The number of nitro groups is 1. The fraction of sp³-hybridized carbons (Fsp3) is 0.318. The quantitative estimate of drug-likeness (QED) is 0.285. The lowest BCUT2D eigenvalue weighted by atomic mass is 10.1. The van der Waals surface area contributed by atoms with Crippen LogP contribution in [0.5, 0.6) is 11.5 Å². The first-order valence-corrected chi connectivity index (χ1v) is 12.7. The Labute approximate surface area is 207 Å². The molecule has 35 heavy (non-hydrogen) atoms. The monoisotopic (exact) mass is 526 g/mol. The van der Waals surface area contributed by atoms with Gasteiger partial charge in [0.05, 0.1) is 29.7 Å². The molecule has 0 aliphatic heterocycles. The molecule has 0 spiro atoms. The van der Waals surface area contributed by atoms with E-state index in [0.29, 0.717) is 23.6 Å². The van der Waals surface area contributed by atoms with E-state index in [0.717, 1.165) is 18.0 Å². The van der Waals surface area contributed by atoms with Gasteiger partial charge in [0.1, 0.15) is 0 Å². The molecule has 10 nitrogen and oxygen atoms in total. The number of nitro benzene ring substituents is 1. The van der Waals surface area contributed by atoms with Crippen LogP contribution in [0.15, 0.2) is 47.4 Å². The number of sulfonamides is 1. The van der Waals surface area contributed by atoms with E-state index in [4.69, 9.17) is 9.47 Å². The first kappa shape index (κ1) is 28.0. The molecule has 0 unspecified atom stereocenters. The van der Waals surface area contributed by atoms with Gasteiger partial charge in [0.25, 0.3) is 15.7 Å². The number of ether oxygens (including phenoxy) is 2. The van der Waals surface area contributed by atoms with Gasteiger partial charge in [0, 0.05) is 35.2 Å². The summed E-state index contributed by atoms with van der Waals surface area (Å²) in [6, 6.07) is 10.4. The SMILES string of the molecule is CCN(CC)Cc1sc(NS(=O)(=O)c2ccc(OC)c(OC)c2)nc1-c1cccc([N+](=O)[O-])c1.F. The summed E-state index contributed by atoms with van der Waals surface area (Å²) in [5, 5.41) is 11.4. The van der Waals surface area contributed by atoms with Gasteiger partial charge in [-0.15, -0.1) is 0 Å². The Hall–Kier alpha value is -3.29. The summed E-state index contributed by atoms with van der Waals surface area (Å²) >= 11 is 1.20. The minimum Gasteiger partial charge on any atom is -0.493 e.